The normalized spacial score (nSPS) is 41.4. The van der Waals surface area contributed by atoms with Gasteiger partial charge in [0.2, 0.25) is 0 Å². The zero-order valence-electron chi connectivity index (χ0n) is 27.1. The van der Waals surface area contributed by atoms with Gasteiger partial charge >= 0.3 is 0 Å². The van der Waals surface area contributed by atoms with E-state index in [9.17, 15) is 25.0 Å². The molecule has 3 fully saturated rings. The average molecular weight is 593 g/mol. The number of nitriles is 1. The van der Waals surface area contributed by atoms with Crippen molar-refractivity contribution in [2.45, 2.75) is 106 Å². The van der Waals surface area contributed by atoms with Gasteiger partial charge in [0.25, 0.3) is 0 Å². The third-order valence-electron chi connectivity index (χ3n) is 12.9. The van der Waals surface area contributed by atoms with Gasteiger partial charge in [-0.1, -0.05) is 60.1 Å². The van der Waals surface area contributed by atoms with Crippen LogP contribution in [0.15, 0.2) is 28.4 Å². The number of allylic oxidation sites excluding steroid dienone is 4. The zero-order valence-corrected chi connectivity index (χ0v) is 27.1. The van der Waals surface area contributed by atoms with E-state index in [-0.39, 0.29) is 57.0 Å². The molecule has 0 aromatic heterocycles. The van der Waals surface area contributed by atoms with Crippen molar-refractivity contribution in [2.75, 3.05) is 13.2 Å². The van der Waals surface area contributed by atoms with Crippen LogP contribution in [-0.2, 0) is 14.3 Å². The summed E-state index contributed by atoms with van der Waals surface area (Å²) in [6.07, 6.45) is 10.1. The minimum atomic E-state index is -0.711. The Morgan fingerprint density at radius 3 is 2.44 bits per heavy atom. The number of hydrazone groups is 1. The molecule has 1 N–H and O–H groups in total. The number of amidine groups is 1. The zero-order chi connectivity index (χ0) is 31.8. The van der Waals surface area contributed by atoms with Crippen LogP contribution in [0.2, 0.25) is 0 Å². The molecule has 5 rings (SSSR count). The Morgan fingerprint density at radius 2 is 1.79 bits per heavy atom. The average Bonchev–Trinajstić information content (AvgIpc) is 2.90. The number of hydrogen-bond acceptors (Lipinski definition) is 6. The van der Waals surface area contributed by atoms with Crippen molar-refractivity contribution in [1.29, 1.82) is 5.26 Å². The van der Waals surface area contributed by atoms with E-state index in [1.165, 1.54) is 0 Å². The largest absolute Gasteiger partial charge is 0.373 e. The first-order valence-corrected chi connectivity index (χ1v) is 15.9. The molecule has 9 heteroatoms. The van der Waals surface area contributed by atoms with Gasteiger partial charge in [-0.2, -0.15) is 5.26 Å². The fraction of sp³-hybridized carbons (Fsp3) is 0.765. The predicted octanol–water partition coefficient (Wildman–Crippen LogP) is 6.17. The molecular formula is C34H48N4O5. The number of nitrogens with one attached hydrogen (secondary N) is 1. The number of nitrogens with zero attached hydrogens (tertiary/aromatic N) is 3. The second-order valence-electron chi connectivity index (χ2n) is 16.0. The molecule has 7 atom stereocenters. The summed E-state index contributed by atoms with van der Waals surface area (Å²) in [5, 5.41) is 26.2. The Labute approximate surface area is 255 Å². The lowest BCUT2D eigenvalue weighted by atomic mass is 9.35. The molecule has 0 bridgehead atoms. The first kappa shape index (κ1) is 31.6. The van der Waals surface area contributed by atoms with Crippen molar-refractivity contribution >= 4 is 17.4 Å². The quantitative estimate of drug-likeness (QED) is 0.132. The van der Waals surface area contributed by atoms with Gasteiger partial charge in [-0.15, -0.1) is 0 Å². The summed E-state index contributed by atoms with van der Waals surface area (Å²) in [5.74, 6) is 0.171. The molecule has 0 amide bonds. The van der Waals surface area contributed by atoms with Gasteiger partial charge in [-0.05, 0) is 86.0 Å². The third kappa shape index (κ3) is 4.62. The first-order valence-electron chi connectivity index (χ1n) is 15.9. The molecule has 0 unspecified atom stereocenters. The maximum atomic E-state index is 14.6. The molecule has 0 aromatic carbocycles. The SMILES string of the molecule is C/C(=N\[N+](=O)[O-])NCCO[C@]12CCC(C)(C)C[C@H]1[C@H]1C(=O)C=C3[C@@]4(C)C=C(C#N)C(=O)C(C)(C)[C@@H]4CC[C@@]3(C)[C@]1(C)CC2. The van der Waals surface area contributed by atoms with E-state index in [0.29, 0.717) is 13.2 Å². The van der Waals surface area contributed by atoms with Gasteiger partial charge < -0.3 is 10.1 Å². The van der Waals surface area contributed by atoms with Crippen LogP contribution >= 0.6 is 0 Å². The number of ether oxygens (including phenoxy) is 1. The Morgan fingerprint density at radius 1 is 1.12 bits per heavy atom. The fourth-order valence-electron chi connectivity index (χ4n) is 10.5. The highest BCUT2D eigenvalue weighted by molar-refractivity contribution is 6.04. The van der Waals surface area contributed by atoms with Crippen molar-refractivity contribution in [3.63, 3.8) is 0 Å². The molecule has 5 aliphatic carbocycles. The Bertz CT molecular complexity index is 1390. The summed E-state index contributed by atoms with van der Waals surface area (Å²) < 4.78 is 6.76. The topological polar surface area (TPSA) is 135 Å². The molecule has 0 aromatic rings. The van der Waals surface area contributed by atoms with Crippen molar-refractivity contribution < 1.29 is 19.4 Å². The molecule has 9 nitrogen and oxygen atoms in total. The second kappa shape index (κ2) is 10.1. The van der Waals surface area contributed by atoms with Crippen LogP contribution in [0.3, 0.4) is 0 Å². The van der Waals surface area contributed by atoms with Crippen LogP contribution in [0, 0.1) is 66.3 Å². The number of carbonyl (C=O) groups is 2. The molecule has 234 valence electrons. The first-order chi connectivity index (χ1) is 19.9. The van der Waals surface area contributed by atoms with Crippen LogP contribution in [0.25, 0.3) is 0 Å². The lowest BCUT2D eigenvalue weighted by Gasteiger charge is -2.69. The van der Waals surface area contributed by atoms with E-state index >= 15 is 0 Å². The van der Waals surface area contributed by atoms with Crippen LogP contribution in [-0.4, -0.2) is 41.2 Å². The van der Waals surface area contributed by atoms with Crippen LogP contribution < -0.4 is 5.32 Å². The molecule has 3 saturated carbocycles. The molecule has 0 heterocycles. The summed E-state index contributed by atoms with van der Waals surface area (Å²) in [7, 11) is 0. The highest BCUT2D eigenvalue weighted by atomic mass is 16.7. The van der Waals surface area contributed by atoms with Gasteiger partial charge in [0, 0.05) is 23.3 Å². The number of Topliss-reactive ketones (excluding diaryl/α,β-unsaturated/α-hetero) is 1. The highest BCUT2D eigenvalue weighted by Crippen LogP contribution is 2.73. The number of rotatable bonds is 5. The van der Waals surface area contributed by atoms with Gasteiger partial charge in [-0.3, -0.25) is 9.59 Å². The fourth-order valence-corrected chi connectivity index (χ4v) is 10.5. The molecule has 5 aliphatic rings. The van der Waals surface area contributed by atoms with Crippen molar-refractivity contribution in [3.8, 4) is 6.07 Å². The summed E-state index contributed by atoms with van der Waals surface area (Å²) in [5.41, 5.74) is -0.839. The van der Waals surface area contributed by atoms with Crippen LogP contribution in [0.1, 0.15) is 100 Å². The standard InChI is InChI=1S/C34H48N4O5/c1-21(37-38(41)42)36-15-16-43-34-13-11-29(2,3)19-23(34)27-24(39)17-26-31(6)18-22(20-35)28(40)30(4,5)25(31)9-10-32(26,7)33(27,8)12-14-34/h17-18,23,25,27H,9-16,19H2,1-8H3,(H,36,37)/t23-,25-,27-,31-,32+,33+,34-/m0/s1. The minimum Gasteiger partial charge on any atom is -0.373 e. The number of fused-ring (bicyclic) bond motifs is 7. The lowest BCUT2D eigenvalue weighted by Crippen LogP contribution is -2.66. The predicted molar refractivity (Wildman–Crippen MR) is 163 cm³/mol. The van der Waals surface area contributed by atoms with Crippen LogP contribution in [0.4, 0.5) is 0 Å². The van der Waals surface area contributed by atoms with Gasteiger partial charge in [0.15, 0.2) is 22.4 Å². The maximum absolute atomic E-state index is 14.6. The monoisotopic (exact) mass is 592 g/mol. The van der Waals surface area contributed by atoms with E-state index in [0.717, 1.165) is 50.5 Å². The van der Waals surface area contributed by atoms with E-state index < -0.39 is 21.5 Å². The summed E-state index contributed by atoms with van der Waals surface area (Å²) >= 11 is 0. The lowest BCUT2D eigenvalue weighted by molar-refractivity contribution is -0.485. The molecule has 43 heavy (non-hydrogen) atoms. The van der Waals surface area contributed by atoms with Crippen molar-refractivity contribution in [1.82, 2.24) is 5.32 Å². The van der Waals surface area contributed by atoms with E-state index in [1.54, 1.807) is 6.92 Å². The molecule has 0 radical (unpaired) electrons. The summed E-state index contributed by atoms with van der Waals surface area (Å²) in [6, 6.07) is 2.18. The van der Waals surface area contributed by atoms with E-state index in [4.69, 9.17) is 4.74 Å². The van der Waals surface area contributed by atoms with Crippen molar-refractivity contribution in [2.24, 2.45) is 49.9 Å². The third-order valence-corrected chi connectivity index (χ3v) is 12.9. The number of hydrogen-bond donors (Lipinski definition) is 1. The van der Waals surface area contributed by atoms with Gasteiger partial charge in [-0.25, -0.2) is 10.1 Å². The molecule has 0 saturated heterocycles. The maximum Gasteiger partial charge on any atom is 0.192 e. The number of ketones is 2. The van der Waals surface area contributed by atoms with E-state index in [2.05, 4.69) is 51.1 Å². The summed E-state index contributed by atoms with van der Waals surface area (Å²) in [4.78, 5) is 38.6. The van der Waals surface area contributed by atoms with Crippen molar-refractivity contribution in [3.05, 3.63) is 33.4 Å². The summed E-state index contributed by atoms with van der Waals surface area (Å²) in [6.45, 7) is 17.7. The smallest absolute Gasteiger partial charge is 0.192 e. The highest BCUT2D eigenvalue weighted by Gasteiger charge is 2.70. The van der Waals surface area contributed by atoms with Gasteiger partial charge in [0.1, 0.15) is 6.07 Å². The van der Waals surface area contributed by atoms with Crippen LogP contribution in [0.5, 0.6) is 0 Å². The van der Waals surface area contributed by atoms with Gasteiger partial charge in [0.05, 0.1) is 22.9 Å². The van der Waals surface area contributed by atoms with E-state index in [1.807, 2.05) is 26.0 Å². The number of carbonyl (C=O) groups excluding carboxylic acids is 2. The Kier molecular flexibility index (Phi) is 7.40. The minimum absolute atomic E-state index is 0.0197. The Hall–Kier alpha value is -2.86. The second-order valence-corrected chi connectivity index (χ2v) is 16.0. The number of nitro groups is 1. The molecule has 0 aliphatic heterocycles. The molecule has 0 spiro atoms. The molecular weight excluding hydrogens is 544 g/mol. The Balaban J connectivity index is 1.54.